The SMILES string of the molecule is CN1CC2(CCN(C(=O)OC(C)(C)C)C(C)(C)C2)OC1=O. The highest BCUT2D eigenvalue weighted by Crippen LogP contribution is 2.40. The third-order valence-corrected chi connectivity index (χ3v) is 4.03. The second kappa shape index (κ2) is 4.78. The molecule has 0 bridgehead atoms. The Balaban J connectivity index is 2.10. The molecule has 2 aliphatic rings. The van der Waals surface area contributed by atoms with Crippen LogP contribution >= 0.6 is 0 Å². The number of piperidine rings is 1. The number of ether oxygens (including phenoxy) is 2. The molecule has 120 valence electrons. The summed E-state index contributed by atoms with van der Waals surface area (Å²) >= 11 is 0. The van der Waals surface area contributed by atoms with Gasteiger partial charge in [-0.25, -0.2) is 9.59 Å². The molecule has 0 aromatic carbocycles. The fraction of sp³-hybridized carbons (Fsp3) is 0.867. The van der Waals surface area contributed by atoms with Gasteiger partial charge in [-0.05, 0) is 34.6 Å². The first-order chi connectivity index (χ1) is 9.44. The minimum atomic E-state index is -0.512. The van der Waals surface area contributed by atoms with Gasteiger partial charge in [0.15, 0.2) is 0 Å². The highest BCUT2D eigenvalue weighted by molar-refractivity contribution is 5.71. The molecule has 2 rings (SSSR count). The molecule has 0 aliphatic carbocycles. The van der Waals surface area contributed by atoms with Crippen molar-refractivity contribution < 1.29 is 19.1 Å². The molecule has 0 aromatic heterocycles. The maximum Gasteiger partial charge on any atom is 0.410 e. The molecule has 6 heteroatoms. The predicted molar refractivity (Wildman–Crippen MR) is 78.1 cm³/mol. The summed E-state index contributed by atoms with van der Waals surface area (Å²) in [6.07, 6.45) is 0.678. The number of nitrogens with zero attached hydrogens (tertiary/aromatic N) is 2. The molecule has 2 fully saturated rings. The van der Waals surface area contributed by atoms with Crippen LogP contribution in [0.1, 0.15) is 47.5 Å². The van der Waals surface area contributed by atoms with E-state index in [1.54, 1.807) is 16.8 Å². The summed E-state index contributed by atoms with van der Waals surface area (Å²) in [4.78, 5) is 27.3. The molecule has 2 aliphatic heterocycles. The van der Waals surface area contributed by atoms with Crippen molar-refractivity contribution in [2.24, 2.45) is 0 Å². The third-order valence-electron chi connectivity index (χ3n) is 4.03. The van der Waals surface area contributed by atoms with Crippen LogP contribution in [0.25, 0.3) is 0 Å². The van der Waals surface area contributed by atoms with Crippen LogP contribution in [0.3, 0.4) is 0 Å². The zero-order valence-electron chi connectivity index (χ0n) is 13.9. The van der Waals surface area contributed by atoms with Crippen LogP contribution in [-0.4, -0.2) is 58.9 Å². The molecule has 2 amide bonds. The molecular weight excluding hydrogens is 272 g/mol. The van der Waals surface area contributed by atoms with Gasteiger partial charge in [-0.15, -0.1) is 0 Å². The standard InChI is InChI=1S/C15H26N2O4/c1-13(2,3)20-12(19)17-8-7-15(9-14(17,4)5)10-16(6)11(18)21-15/h7-10H2,1-6H3. The molecule has 0 radical (unpaired) electrons. The number of rotatable bonds is 0. The van der Waals surface area contributed by atoms with Crippen molar-refractivity contribution in [3.8, 4) is 0 Å². The first-order valence-corrected chi connectivity index (χ1v) is 7.39. The van der Waals surface area contributed by atoms with Gasteiger partial charge in [0, 0.05) is 32.0 Å². The fourth-order valence-electron chi connectivity index (χ4n) is 3.26. The molecule has 6 nitrogen and oxygen atoms in total. The van der Waals surface area contributed by atoms with E-state index in [0.29, 0.717) is 25.9 Å². The van der Waals surface area contributed by atoms with E-state index in [4.69, 9.17) is 9.47 Å². The van der Waals surface area contributed by atoms with Crippen molar-refractivity contribution in [1.29, 1.82) is 0 Å². The van der Waals surface area contributed by atoms with Crippen molar-refractivity contribution in [2.45, 2.75) is 64.2 Å². The number of likely N-dealkylation sites (N-methyl/N-ethyl adjacent to an activating group) is 1. The van der Waals surface area contributed by atoms with Gasteiger partial charge in [0.05, 0.1) is 6.54 Å². The lowest BCUT2D eigenvalue weighted by atomic mass is 9.79. The lowest BCUT2D eigenvalue weighted by Crippen LogP contribution is -2.60. The molecule has 21 heavy (non-hydrogen) atoms. The highest BCUT2D eigenvalue weighted by Gasteiger charge is 2.53. The van der Waals surface area contributed by atoms with Crippen LogP contribution < -0.4 is 0 Å². The van der Waals surface area contributed by atoms with Crippen LogP contribution in [0.15, 0.2) is 0 Å². The minimum absolute atomic E-state index is 0.281. The smallest absolute Gasteiger partial charge is 0.410 e. The van der Waals surface area contributed by atoms with E-state index in [1.165, 1.54) is 0 Å². The Morgan fingerprint density at radius 2 is 1.95 bits per heavy atom. The Morgan fingerprint density at radius 3 is 2.38 bits per heavy atom. The van der Waals surface area contributed by atoms with E-state index >= 15 is 0 Å². The van der Waals surface area contributed by atoms with E-state index < -0.39 is 16.7 Å². The van der Waals surface area contributed by atoms with Gasteiger partial charge in [-0.2, -0.15) is 0 Å². The molecule has 1 unspecified atom stereocenters. The zero-order chi connectivity index (χ0) is 16.1. The Hall–Kier alpha value is -1.46. The molecular formula is C15H26N2O4. The maximum atomic E-state index is 12.3. The van der Waals surface area contributed by atoms with Crippen molar-refractivity contribution in [2.75, 3.05) is 20.1 Å². The Labute approximate surface area is 126 Å². The van der Waals surface area contributed by atoms with E-state index in [-0.39, 0.29) is 12.2 Å². The lowest BCUT2D eigenvalue weighted by molar-refractivity contribution is -0.0637. The Bertz CT molecular complexity index is 455. The topological polar surface area (TPSA) is 59.1 Å². The van der Waals surface area contributed by atoms with Crippen LogP contribution in [0.5, 0.6) is 0 Å². The molecule has 2 saturated heterocycles. The predicted octanol–water partition coefficient (Wildman–Crippen LogP) is 2.62. The first-order valence-electron chi connectivity index (χ1n) is 7.39. The average Bonchev–Trinajstić information content (AvgIpc) is 2.49. The number of likely N-dealkylation sites (tertiary alicyclic amines) is 1. The largest absolute Gasteiger partial charge is 0.444 e. The normalized spacial score (nSPS) is 28.8. The van der Waals surface area contributed by atoms with Crippen molar-refractivity contribution in [3.63, 3.8) is 0 Å². The Morgan fingerprint density at radius 1 is 1.33 bits per heavy atom. The Kier molecular flexibility index (Phi) is 3.62. The summed E-state index contributed by atoms with van der Waals surface area (Å²) in [6.45, 7) is 10.7. The molecule has 0 saturated carbocycles. The number of carbonyl (C=O) groups excluding carboxylic acids is 2. The number of hydrogen-bond donors (Lipinski definition) is 0. The monoisotopic (exact) mass is 298 g/mol. The maximum absolute atomic E-state index is 12.3. The van der Waals surface area contributed by atoms with Crippen LogP contribution in [-0.2, 0) is 9.47 Å². The molecule has 0 N–H and O–H groups in total. The van der Waals surface area contributed by atoms with Crippen molar-refractivity contribution in [3.05, 3.63) is 0 Å². The zero-order valence-corrected chi connectivity index (χ0v) is 13.9. The summed E-state index contributed by atoms with van der Waals surface area (Å²) in [7, 11) is 1.74. The quantitative estimate of drug-likeness (QED) is 0.690. The summed E-state index contributed by atoms with van der Waals surface area (Å²) < 4.78 is 11.0. The summed E-state index contributed by atoms with van der Waals surface area (Å²) in [6, 6.07) is 0. The van der Waals surface area contributed by atoms with Gasteiger partial charge >= 0.3 is 12.2 Å². The molecule has 1 spiro atoms. The molecule has 2 heterocycles. The van der Waals surface area contributed by atoms with Gasteiger partial charge in [-0.3, -0.25) is 0 Å². The van der Waals surface area contributed by atoms with E-state index in [9.17, 15) is 9.59 Å². The average molecular weight is 298 g/mol. The fourth-order valence-corrected chi connectivity index (χ4v) is 3.26. The minimum Gasteiger partial charge on any atom is -0.444 e. The van der Waals surface area contributed by atoms with E-state index in [0.717, 1.165) is 0 Å². The number of carbonyl (C=O) groups is 2. The highest BCUT2D eigenvalue weighted by atomic mass is 16.6. The van der Waals surface area contributed by atoms with Crippen LogP contribution in [0.4, 0.5) is 9.59 Å². The lowest BCUT2D eigenvalue weighted by Gasteiger charge is -2.48. The summed E-state index contributed by atoms with van der Waals surface area (Å²) in [5, 5.41) is 0. The molecule has 0 aromatic rings. The van der Waals surface area contributed by atoms with Crippen molar-refractivity contribution in [1.82, 2.24) is 9.80 Å². The first kappa shape index (κ1) is 15.9. The second-order valence-electron chi connectivity index (χ2n) is 7.78. The van der Waals surface area contributed by atoms with Gasteiger partial charge in [0.25, 0.3) is 0 Å². The van der Waals surface area contributed by atoms with Crippen LogP contribution in [0, 0.1) is 0 Å². The summed E-state index contributed by atoms with van der Waals surface area (Å²) in [5.74, 6) is 0. The van der Waals surface area contributed by atoms with Crippen molar-refractivity contribution >= 4 is 12.2 Å². The van der Waals surface area contributed by atoms with Gasteiger partial charge in [-0.1, -0.05) is 0 Å². The van der Waals surface area contributed by atoms with E-state index in [1.807, 2.05) is 34.6 Å². The van der Waals surface area contributed by atoms with Crippen LogP contribution in [0.2, 0.25) is 0 Å². The number of hydrogen-bond acceptors (Lipinski definition) is 4. The third kappa shape index (κ3) is 3.24. The van der Waals surface area contributed by atoms with Gasteiger partial charge in [0.2, 0.25) is 0 Å². The van der Waals surface area contributed by atoms with Gasteiger partial charge < -0.3 is 19.3 Å². The van der Waals surface area contributed by atoms with E-state index in [2.05, 4.69) is 0 Å². The van der Waals surface area contributed by atoms with Gasteiger partial charge in [0.1, 0.15) is 11.2 Å². The number of amides is 2. The molecule has 1 atom stereocenters. The summed E-state index contributed by atoms with van der Waals surface area (Å²) in [5.41, 5.74) is -1.40. The second-order valence-corrected chi connectivity index (χ2v) is 7.78.